The number of anilines is 1. The van der Waals surface area contributed by atoms with E-state index in [9.17, 15) is 18.3 Å². The Morgan fingerprint density at radius 1 is 1.03 bits per heavy atom. The van der Waals surface area contributed by atoms with E-state index in [4.69, 9.17) is 11.6 Å². The Morgan fingerprint density at radius 3 is 2.53 bits per heavy atom. The minimum Gasteiger partial charge on any atom is -0.506 e. The summed E-state index contributed by atoms with van der Waals surface area (Å²) >= 11 is 5.98. The van der Waals surface area contributed by atoms with Crippen LogP contribution in [0.3, 0.4) is 0 Å². The van der Waals surface area contributed by atoms with Crippen molar-refractivity contribution in [2.24, 2.45) is 4.40 Å². The lowest BCUT2D eigenvalue weighted by Gasteiger charge is -2.20. The summed E-state index contributed by atoms with van der Waals surface area (Å²) in [7, 11) is -4.09. The van der Waals surface area contributed by atoms with Gasteiger partial charge in [-0.1, -0.05) is 54.1 Å². The van der Waals surface area contributed by atoms with Crippen molar-refractivity contribution in [1.29, 1.82) is 0 Å². The highest BCUT2D eigenvalue weighted by molar-refractivity contribution is 7.90. The van der Waals surface area contributed by atoms with Crippen molar-refractivity contribution in [3.05, 3.63) is 87.3 Å². The number of sulfonamides is 1. The van der Waals surface area contributed by atoms with Crippen LogP contribution in [-0.2, 0) is 16.6 Å². The zero-order valence-electron chi connectivity index (χ0n) is 16.2. The van der Waals surface area contributed by atoms with E-state index < -0.39 is 21.3 Å². The summed E-state index contributed by atoms with van der Waals surface area (Å²) in [6.07, 6.45) is 0. The van der Waals surface area contributed by atoms with Gasteiger partial charge in [0.1, 0.15) is 16.2 Å². The van der Waals surface area contributed by atoms with Gasteiger partial charge in [-0.25, -0.2) is 0 Å². The molecule has 0 atom stereocenters. The molecule has 2 aromatic heterocycles. The molecule has 1 aliphatic rings. The maximum atomic E-state index is 13.5. The fourth-order valence-corrected chi connectivity index (χ4v) is 4.82. The zero-order chi connectivity index (χ0) is 22.5. The number of benzene rings is 2. The molecule has 0 saturated carbocycles. The first-order valence-corrected chi connectivity index (χ1v) is 11.2. The van der Waals surface area contributed by atoms with E-state index in [1.807, 2.05) is 30.3 Å². The van der Waals surface area contributed by atoms with Crippen molar-refractivity contribution in [2.75, 3.05) is 5.32 Å². The van der Waals surface area contributed by atoms with E-state index in [0.717, 1.165) is 5.56 Å². The monoisotopic (exact) mass is 467 g/mol. The standard InChI is InChI=1S/C21H14ClN5O4S/c22-16-10-13-18(28)17(19-23-14-8-4-5-9-15(14)32(30,31)26-19)21(29)27(20(13)25-24-16)11-12-6-2-1-3-7-12/h1-10,28H,11H2,(H,23,26). The number of aromatic hydroxyl groups is 1. The number of hydrogen-bond acceptors (Lipinski definition) is 7. The molecule has 3 heterocycles. The van der Waals surface area contributed by atoms with Gasteiger partial charge < -0.3 is 10.4 Å². The third-order valence-electron chi connectivity index (χ3n) is 5.00. The van der Waals surface area contributed by atoms with Crippen LogP contribution in [0.15, 0.2) is 74.8 Å². The molecule has 1 aliphatic heterocycles. The molecule has 2 aromatic carbocycles. The number of halogens is 1. The van der Waals surface area contributed by atoms with Crippen molar-refractivity contribution < 1.29 is 13.5 Å². The van der Waals surface area contributed by atoms with E-state index in [0.29, 0.717) is 0 Å². The van der Waals surface area contributed by atoms with E-state index >= 15 is 0 Å². The topological polar surface area (TPSA) is 127 Å². The van der Waals surface area contributed by atoms with Gasteiger partial charge in [0.15, 0.2) is 16.6 Å². The summed E-state index contributed by atoms with van der Waals surface area (Å²) < 4.78 is 30.5. The lowest BCUT2D eigenvalue weighted by Crippen LogP contribution is -2.33. The number of rotatable bonds is 3. The first kappa shape index (κ1) is 20.2. The van der Waals surface area contributed by atoms with Gasteiger partial charge in [0.05, 0.1) is 17.6 Å². The van der Waals surface area contributed by atoms with Crippen LogP contribution in [0.25, 0.3) is 11.0 Å². The number of hydrogen-bond donors (Lipinski definition) is 2. The van der Waals surface area contributed by atoms with Crippen molar-refractivity contribution in [3.8, 4) is 5.75 Å². The molecule has 0 spiro atoms. The molecule has 0 aliphatic carbocycles. The van der Waals surface area contributed by atoms with E-state index in [1.165, 1.54) is 16.7 Å². The summed E-state index contributed by atoms with van der Waals surface area (Å²) in [5.41, 5.74) is 0.147. The van der Waals surface area contributed by atoms with Gasteiger partial charge in [-0.3, -0.25) is 9.36 Å². The molecule has 0 bridgehead atoms. The Balaban J connectivity index is 1.79. The molecule has 0 unspecified atom stereocenters. The van der Waals surface area contributed by atoms with Crippen LogP contribution in [0.2, 0.25) is 5.15 Å². The quantitative estimate of drug-likeness (QED) is 0.474. The number of aromatic nitrogens is 3. The predicted octanol–water partition coefficient (Wildman–Crippen LogP) is 2.76. The highest BCUT2D eigenvalue weighted by atomic mass is 35.5. The summed E-state index contributed by atoms with van der Waals surface area (Å²) in [5.74, 6) is -0.783. The van der Waals surface area contributed by atoms with Crippen LogP contribution in [0.1, 0.15) is 11.1 Å². The van der Waals surface area contributed by atoms with E-state index in [2.05, 4.69) is 19.9 Å². The Kier molecular flexibility index (Phi) is 4.68. The summed E-state index contributed by atoms with van der Waals surface area (Å²) in [6, 6.07) is 16.7. The van der Waals surface area contributed by atoms with Gasteiger partial charge in [-0.15, -0.1) is 14.6 Å². The van der Waals surface area contributed by atoms with Crippen molar-refractivity contribution in [1.82, 2.24) is 14.8 Å². The molecule has 0 radical (unpaired) electrons. The van der Waals surface area contributed by atoms with Gasteiger partial charge in [0.25, 0.3) is 15.6 Å². The van der Waals surface area contributed by atoms with Crippen molar-refractivity contribution in [2.45, 2.75) is 11.4 Å². The Hall–Kier alpha value is -3.76. The Labute approximate surface area is 186 Å². The highest BCUT2D eigenvalue weighted by Gasteiger charge is 2.30. The van der Waals surface area contributed by atoms with Gasteiger partial charge >= 0.3 is 0 Å². The maximum Gasteiger partial charge on any atom is 0.286 e. The molecule has 32 heavy (non-hydrogen) atoms. The highest BCUT2D eigenvalue weighted by Crippen LogP contribution is 2.32. The minimum absolute atomic E-state index is 0.000157. The molecular formula is C21H14ClN5O4S. The number of amidine groups is 1. The van der Waals surface area contributed by atoms with Gasteiger partial charge in [0.2, 0.25) is 0 Å². The van der Waals surface area contributed by atoms with E-state index in [1.54, 1.807) is 18.2 Å². The molecule has 9 nitrogen and oxygen atoms in total. The molecule has 160 valence electrons. The van der Waals surface area contributed by atoms with Crippen molar-refractivity contribution in [3.63, 3.8) is 0 Å². The van der Waals surface area contributed by atoms with Crippen LogP contribution in [-0.4, -0.2) is 34.1 Å². The van der Waals surface area contributed by atoms with E-state index in [-0.39, 0.29) is 44.7 Å². The van der Waals surface area contributed by atoms with Gasteiger partial charge in [-0.2, -0.15) is 8.42 Å². The number of nitrogens with one attached hydrogen (secondary N) is 1. The molecule has 0 saturated heterocycles. The molecule has 0 fully saturated rings. The van der Waals surface area contributed by atoms with Gasteiger partial charge in [-0.05, 0) is 23.8 Å². The second kappa shape index (κ2) is 7.43. The zero-order valence-corrected chi connectivity index (χ0v) is 17.8. The SMILES string of the molecule is O=c1c(C2=NS(=O)(=O)c3ccccc3N2)c(O)c2cc(Cl)nnc2n1Cc1ccccc1. The lowest BCUT2D eigenvalue weighted by molar-refractivity contribution is 0.477. The predicted molar refractivity (Wildman–Crippen MR) is 120 cm³/mol. The fraction of sp³-hybridized carbons (Fsp3) is 0.0476. The average molecular weight is 468 g/mol. The Morgan fingerprint density at radius 2 is 1.75 bits per heavy atom. The third-order valence-corrected chi connectivity index (χ3v) is 6.52. The second-order valence-electron chi connectivity index (χ2n) is 7.04. The summed E-state index contributed by atoms with van der Waals surface area (Å²) in [5, 5.41) is 21.7. The molecule has 11 heteroatoms. The van der Waals surface area contributed by atoms with Crippen molar-refractivity contribution >= 4 is 44.2 Å². The number of nitrogens with zero attached hydrogens (tertiary/aromatic N) is 4. The minimum atomic E-state index is -4.09. The van der Waals surface area contributed by atoms with Crippen LogP contribution >= 0.6 is 11.6 Å². The van der Waals surface area contributed by atoms with Crippen LogP contribution < -0.4 is 10.9 Å². The first-order chi connectivity index (χ1) is 15.3. The van der Waals surface area contributed by atoms with Crippen LogP contribution in [0.5, 0.6) is 5.75 Å². The molecule has 0 amide bonds. The molecule has 2 N–H and O–H groups in total. The third kappa shape index (κ3) is 3.29. The summed E-state index contributed by atoms with van der Waals surface area (Å²) in [6.45, 7) is 0.108. The summed E-state index contributed by atoms with van der Waals surface area (Å²) in [4.78, 5) is 13.5. The van der Waals surface area contributed by atoms with Crippen LogP contribution in [0.4, 0.5) is 5.69 Å². The Bertz CT molecular complexity index is 1580. The second-order valence-corrected chi connectivity index (χ2v) is 9.00. The molecule has 5 rings (SSSR count). The average Bonchev–Trinajstić information content (AvgIpc) is 2.77. The lowest BCUT2D eigenvalue weighted by atomic mass is 10.1. The molecule has 4 aromatic rings. The smallest absolute Gasteiger partial charge is 0.286 e. The normalized spacial score (nSPS) is 14.5. The fourth-order valence-electron chi connectivity index (χ4n) is 3.55. The van der Waals surface area contributed by atoms with Crippen LogP contribution in [0, 0.1) is 0 Å². The number of fused-ring (bicyclic) bond motifs is 2. The van der Waals surface area contributed by atoms with Gasteiger partial charge in [0, 0.05) is 0 Å². The molecular weight excluding hydrogens is 454 g/mol. The largest absolute Gasteiger partial charge is 0.506 e. The maximum absolute atomic E-state index is 13.5. The number of para-hydroxylation sites is 1. The first-order valence-electron chi connectivity index (χ1n) is 9.39. The number of pyridine rings is 1.